The van der Waals surface area contributed by atoms with Crippen LogP contribution in [0.5, 0.6) is 0 Å². The molecule has 0 saturated carbocycles. The number of aliphatic hydroxyl groups excluding tert-OH is 1. The molecule has 1 spiro atoms. The Morgan fingerprint density at radius 1 is 1.21 bits per heavy atom. The predicted molar refractivity (Wildman–Crippen MR) is 130 cm³/mol. The topological polar surface area (TPSA) is 87.2 Å². The molecule has 2 fully saturated rings. The molecule has 1 unspecified atom stereocenters. The number of nitrogens with zero attached hydrogens (tertiary/aromatic N) is 2. The van der Waals surface area contributed by atoms with Crippen molar-refractivity contribution >= 4 is 35.2 Å². The highest BCUT2D eigenvalue weighted by Crippen LogP contribution is 2.61. The van der Waals surface area contributed by atoms with Gasteiger partial charge in [-0.25, -0.2) is 0 Å². The van der Waals surface area contributed by atoms with E-state index in [0.29, 0.717) is 13.0 Å². The second kappa shape index (κ2) is 8.57. The summed E-state index contributed by atoms with van der Waals surface area (Å²) in [6.07, 6.45) is 8.55. The van der Waals surface area contributed by atoms with Crippen molar-refractivity contribution in [3.05, 3.63) is 53.6 Å². The van der Waals surface area contributed by atoms with Crippen LogP contribution in [-0.2, 0) is 19.1 Å². The smallest absolute Gasteiger partial charge is 0.311 e. The summed E-state index contributed by atoms with van der Waals surface area (Å²) in [7, 11) is 0. The lowest BCUT2D eigenvalue weighted by atomic mass is 9.78. The van der Waals surface area contributed by atoms with Crippen LogP contribution >= 0.6 is 11.8 Å². The number of rotatable bonds is 3. The molecule has 0 aromatic heterocycles. The first kappa shape index (κ1) is 23.2. The molecule has 5 rings (SSSR count). The summed E-state index contributed by atoms with van der Waals surface area (Å²) in [5.74, 6) is -2.23. The summed E-state index contributed by atoms with van der Waals surface area (Å²) in [4.78, 5) is 44.6. The lowest BCUT2D eigenvalue weighted by Gasteiger charge is -2.37. The second-order valence-corrected chi connectivity index (χ2v) is 11.1. The summed E-state index contributed by atoms with van der Waals surface area (Å²) in [6.45, 7) is 6.09. The molecular weight excluding hydrogens is 452 g/mol. The fraction of sp³-hybridized carbons (Fsp3) is 0.500. The molecule has 1 N–H and O–H groups in total. The maximum absolute atomic E-state index is 14.3. The van der Waals surface area contributed by atoms with E-state index in [4.69, 9.17) is 4.74 Å². The number of benzene rings is 1. The van der Waals surface area contributed by atoms with Gasteiger partial charge in [0.05, 0.1) is 35.8 Å². The number of hydrogen-bond acceptors (Lipinski definition) is 6. The molecule has 0 aliphatic carbocycles. The highest BCUT2D eigenvalue weighted by molar-refractivity contribution is 8.02. The molecule has 0 radical (unpaired) electrons. The Hall–Kier alpha value is -2.58. The maximum Gasteiger partial charge on any atom is 0.311 e. The normalized spacial score (nSPS) is 33.6. The molecule has 34 heavy (non-hydrogen) atoms. The van der Waals surface area contributed by atoms with Gasteiger partial charge in [0.1, 0.15) is 6.04 Å². The number of hydrogen-bond donors (Lipinski definition) is 1. The second-order valence-electron chi connectivity index (χ2n) is 9.64. The van der Waals surface area contributed by atoms with Crippen LogP contribution in [0.2, 0.25) is 0 Å². The minimum absolute atomic E-state index is 0.186. The van der Waals surface area contributed by atoms with Crippen molar-refractivity contribution in [3.8, 4) is 0 Å². The Morgan fingerprint density at radius 2 is 2.00 bits per heavy atom. The number of amides is 2. The number of carbonyl (C=O) groups is 3. The number of likely N-dealkylation sites (tertiary alicyclic amines) is 1. The fourth-order valence-electron chi connectivity index (χ4n) is 5.84. The quantitative estimate of drug-likeness (QED) is 0.526. The van der Waals surface area contributed by atoms with Crippen molar-refractivity contribution in [3.63, 3.8) is 0 Å². The first-order valence-corrected chi connectivity index (χ1v) is 12.7. The van der Waals surface area contributed by atoms with E-state index in [1.165, 1.54) is 16.7 Å². The third-order valence-corrected chi connectivity index (χ3v) is 9.20. The summed E-state index contributed by atoms with van der Waals surface area (Å²) >= 11 is 1.51. The molecule has 4 heterocycles. The van der Waals surface area contributed by atoms with Gasteiger partial charge in [0.25, 0.3) is 5.91 Å². The third kappa shape index (κ3) is 3.33. The van der Waals surface area contributed by atoms with Gasteiger partial charge in [0, 0.05) is 17.5 Å². The SMILES string of the molecule is Cc1ccc(C)c(N2CC=C[C@]34S[C@@H]5C=CCCOC(=O)[C@@H]5[C@H]3C(=O)N([C@H](C)CO)C4C2=O)c1. The number of esters is 1. The number of aryl methyl sites for hydroxylation is 2. The largest absolute Gasteiger partial charge is 0.465 e. The molecule has 1 aromatic carbocycles. The Labute approximate surface area is 203 Å². The van der Waals surface area contributed by atoms with Crippen LogP contribution in [0, 0.1) is 25.7 Å². The van der Waals surface area contributed by atoms with Crippen molar-refractivity contribution in [1.82, 2.24) is 4.90 Å². The van der Waals surface area contributed by atoms with Gasteiger partial charge in [0.15, 0.2) is 0 Å². The minimum Gasteiger partial charge on any atom is -0.465 e. The van der Waals surface area contributed by atoms with Gasteiger partial charge in [-0.2, -0.15) is 0 Å². The lowest BCUT2D eigenvalue weighted by molar-refractivity contribution is -0.153. The average Bonchev–Trinajstić information content (AvgIpc) is 3.19. The lowest BCUT2D eigenvalue weighted by Crippen LogP contribution is -2.56. The van der Waals surface area contributed by atoms with Crippen LogP contribution in [0.1, 0.15) is 24.5 Å². The Bertz CT molecular complexity index is 1100. The van der Waals surface area contributed by atoms with Gasteiger partial charge in [0.2, 0.25) is 5.91 Å². The van der Waals surface area contributed by atoms with E-state index in [1.54, 1.807) is 11.8 Å². The van der Waals surface area contributed by atoms with Crippen molar-refractivity contribution in [2.45, 2.75) is 49.3 Å². The Kier molecular flexibility index (Phi) is 5.84. The molecule has 4 aliphatic heterocycles. The summed E-state index contributed by atoms with van der Waals surface area (Å²) in [5.41, 5.74) is 2.82. The van der Waals surface area contributed by atoms with E-state index in [0.717, 1.165) is 16.8 Å². The molecule has 1 aromatic rings. The molecular formula is C26H30N2O5S. The molecule has 7 nitrogen and oxygen atoms in total. The van der Waals surface area contributed by atoms with Crippen molar-refractivity contribution in [1.29, 1.82) is 0 Å². The molecule has 2 amide bonds. The monoisotopic (exact) mass is 482 g/mol. The van der Waals surface area contributed by atoms with Gasteiger partial charge in [-0.05, 0) is 44.4 Å². The van der Waals surface area contributed by atoms with Gasteiger partial charge in [-0.15, -0.1) is 11.8 Å². The minimum atomic E-state index is -0.910. The standard InChI is InChI=1S/C26H30N2O5S/c1-15-8-9-16(2)18(13-15)27-11-6-10-26-21(20-19(34-26)7-4-5-12-33-25(20)32)23(30)28(17(3)14-29)22(26)24(27)31/h4,6-10,13,17,19-22,29H,5,11-12,14H2,1-3H3/t17-,19-,20+,21+,22?,26+/m1/s1. The number of anilines is 1. The molecule has 6 atom stereocenters. The van der Waals surface area contributed by atoms with Crippen LogP contribution in [0.15, 0.2) is 42.5 Å². The zero-order chi connectivity index (χ0) is 24.2. The Balaban J connectivity index is 1.66. The summed E-state index contributed by atoms with van der Waals surface area (Å²) in [5, 5.41) is 9.75. The van der Waals surface area contributed by atoms with Crippen LogP contribution in [0.3, 0.4) is 0 Å². The van der Waals surface area contributed by atoms with Crippen LogP contribution < -0.4 is 4.90 Å². The molecule has 180 valence electrons. The summed E-state index contributed by atoms with van der Waals surface area (Å²) in [6, 6.07) is 4.60. The number of carbonyl (C=O) groups excluding carboxylic acids is 3. The first-order chi connectivity index (χ1) is 16.3. The fourth-order valence-corrected chi connectivity index (χ4v) is 7.82. The van der Waals surface area contributed by atoms with Gasteiger partial charge in [-0.1, -0.05) is 36.4 Å². The van der Waals surface area contributed by atoms with Gasteiger partial charge in [-0.3, -0.25) is 14.4 Å². The van der Waals surface area contributed by atoms with Crippen LogP contribution in [-0.4, -0.2) is 69.6 Å². The number of cyclic esters (lactones) is 1. The number of thioether (sulfide) groups is 1. The number of ether oxygens (including phenoxy) is 1. The molecule has 8 heteroatoms. The third-order valence-electron chi connectivity index (χ3n) is 7.45. The summed E-state index contributed by atoms with van der Waals surface area (Å²) < 4.78 is 4.58. The number of aliphatic hydroxyl groups is 1. The van der Waals surface area contributed by atoms with E-state index in [9.17, 15) is 19.5 Å². The number of fused-ring (bicyclic) bond motifs is 2. The maximum atomic E-state index is 14.3. The molecule has 2 saturated heterocycles. The van der Waals surface area contributed by atoms with E-state index >= 15 is 0 Å². The predicted octanol–water partition coefficient (Wildman–Crippen LogP) is 2.39. The zero-order valence-corrected chi connectivity index (χ0v) is 20.5. The van der Waals surface area contributed by atoms with Crippen molar-refractivity contribution in [2.75, 3.05) is 24.7 Å². The van der Waals surface area contributed by atoms with Crippen LogP contribution in [0.25, 0.3) is 0 Å². The molecule has 4 aliphatic rings. The van der Waals surface area contributed by atoms with Crippen molar-refractivity contribution < 1.29 is 24.2 Å². The highest BCUT2D eigenvalue weighted by atomic mass is 32.2. The zero-order valence-electron chi connectivity index (χ0n) is 19.6. The average molecular weight is 483 g/mol. The van der Waals surface area contributed by atoms with E-state index in [1.807, 2.05) is 56.4 Å². The van der Waals surface area contributed by atoms with Crippen molar-refractivity contribution in [2.24, 2.45) is 11.8 Å². The van der Waals surface area contributed by atoms with E-state index < -0.39 is 28.7 Å². The first-order valence-electron chi connectivity index (χ1n) is 11.8. The molecule has 0 bridgehead atoms. The van der Waals surface area contributed by atoms with Gasteiger partial charge >= 0.3 is 5.97 Å². The van der Waals surface area contributed by atoms with E-state index in [-0.39, 0.29) is 36.2 Å². The van der Waals surface area contributed by atoms with Gasteiger partial charge < -0.3 is 19.6 Å². The van der Waals surface area contributed by atoms with E-state index in [2.05, 4.69) is 0 Å². The highest BCUT2D eigenvalue weighted by Gasteiger charge is 2.71. The Morgan fingerprint density at radius 3 is 2.76 bits per heavy atom. The van der Waals surface area contributed by atoms with Crippen LogP contribution in [0.4, 0.5) is 5.69 Å².